The number of nitrogens with zero attached hydrogens (tertiary/aromatic N) is 5. The van der Waals surface area contributed by atoms with E-state index in [2.05, 4.69) is 15.3 Å². The molecule has 0 spiro atoms. The van der Waals surface area contributed by atoms with Gasteiger partial charge in [0.25, 0.3) is 0 Å². The quantitative estimate of drug-likeness (QED) is 0.703. The highest BCUT2D eigenvalue weighted by Gasteiger charge is 2.23. The topological polar surface area (TPSA) is 93.4 Å². The fourth-order valence-electron chi connectivity index (χ4n) is 3.75. The molecule has 2 aromatic heterocycles. The number of hydrogen-bond donors (Lipinski definition) is 1. The van der Waals surface area contributed by atoms with Crippen LogP contribution in [0.5, 0.6) is 5.75 Å². The second-order valence-electron chi connectivity index (χ2n) is 7.11. The molecule has 0 unspecified atom stereocenters. The molecule has 1 amide bonds. The molecule has 0 saturated heterocycles. The van der Waals surface area contributed by atoms with Gasteiger partial charge in [0.2, 0.25) is 0 Å². The highest BCUT2D eigenvalue weighted by Crippen LogP contribution is 2.31. The molecule has 9 heteroatoms. The molecule has 1 aliphatic heterocycles. The zero-order valence-corrected chi connectivity index (χ0v) is 17.0. The van der Waals surface area contributed by atoms with Gasteiger partial charge in [-0.05, 0) is 44.9 Å². The minimum atomic E-state index is -0.948. The predicted molar refractivity (Wildman–Crippen MR) is 109 cm³/mol. The first-order valence-corrected chi connectivity index (χ1v) is 9.73. The number of hydrogen-bond acceptors (Lipinski definition) is 5. The maximum atomic E-state index is 14.8. The summed E-state index contributed by atoms with van der Waals surface area (Å²) in [5, 5.41) is 23.3. The second kappa shape index (κ2) is 7.74. The van der Waals surface area contributed by atoms with Crippen molar-refractivity contribution in [3.63, 3.8) is 0 Å². The number of ether oxygens (including phenoxy) is 1. The molecule has 4 rings (SSSR count). The highest BCUT2D eigenvalue weighted by molar-refractivity contribution is 5.92. The van der Waals surface area contributed by atoms with E-state index >= 15 is 0 Å². The second-order valence-corrected chi connectivity index (χ2v) is 7.11. The maximum Gasteiger partial charge on any atom is 0.407 e. The Labute approximate surface area is 172 Å². The van der Waals surface area contributed by atoms with Crippen molar-refractivity contribution in [2.45, 2.75) is 27.2 Å². The average Bonchev–Trinajstić information content (AvgIpc) is 3.07. The Morgan fingerprint density at radius 2 is 2.10 bits per heavy atom. The third-order valence-corrected chi connectivity index (χ3v) is 5.24. The third-order valence-electron chi connectivity index (χ3n) is 5.24. The van der Waals surface area contributed by atoms with Crippen molar-refractivity contribution in [2.75, 3.05) is 19.7 Å². The first kappa shape index (κ1) is 19.8. The number of carboxylic acid groups (broad SMARTS) is 1. The van der Waals surface area contributed by atoms with Crippen molar-refractivity contribution >= 4 is 22.6 Å². The van der Waals surface area contributed by atoms with Crippen LogP contribution in [0.25, 0.3) is 22.2 Å². The van der Waals surface area contributed by atoms with Crippen LogP contribution >= 0.6 is 0 Å². The Bertz CT molecular complexity index is 1170. The van der Waals surface area contributed by atoms with Crippen LogP contribution in [0.2, 0.25) is 0 Å². The first-order valence-electron chi connectivity index (χ1n) is 9.73. The van der Waals surface area contributed by atoms with Gasteiger partial charge in [-0.25, -0.2) is 13.9 Å². The lowest BCUT2D eigenvalue weighted by Gasteiger charge is -2.23. The van der Waals surface area contributed by atoms with E-state index in [4.69, 9.17) is 9.84 Å². The van der Waals surface area contributed by atoms with Crippen molar-refractivity contribution in [3.05, 3.63) is 47.2 Å². The standard InChI is InChI=1S/C21H22FN5O3/c1-4-30-15-5-6-17(16(22)11-15)27-13(3)18-12(2)23-24-19(20(18)25-27)14-7-9-26(10-8-14)21(28)29/h5-7,11H,4,8-10H2,1-3H3,(H,28,29). The van der Waals surface area contributed by atoms with Crippen LogP contribution in [0.1, 0.15) is 30.4 Å². The van der Waals surface area contributed by atoms with Gasteiger partial charge in [-0.2, -0.15) is 10.2 Å². The molecule has 0 atom stereocenters. The Morgan fingerprint density at radius 3 is 2.73 bits per heavy atom. The van der Waals surface area contributed by atoms with E-state index in [-0.39, 0.29) is 6.54 Å². The molecule has 1 aromatic carbocycles. The maximum absolute atomic E-state index is 14.8. The number of benzene rings is 1. The zero-order valence-electron chi connectivity index (χ0n) is 17.0. The van der Waals surface area contributed by atoms with Gasteiger partial charge in [0.1, 0.15) is 22.6 Å². The van der Waals surface area contributed by atoms with E-state index in [0.29, 0.717) is 47.9 Å². The van der Waals surface area contributed by atoms with Crippen LogP contribution in [-0.2, 0) is 0 Å². The molecular weight excluding hydrogens is 389 g/mol. The molecule has 0 bridgehead atoms. The minimum Gasteiger partial charge on any atom is -0.494 e. The van der Waals surface area contributed by atoms with E-state index in [1.807, 2.05) is 26.8 Å². The summed E-state index contributed by atoms with van der Waals surface area (Å²) >= 11 is 0. The van der Waals surface area contributed by atoms with Crippen LogP contribution < -0.4 is 4.74 Å². The smallest absolute Gasteiger partial charge is 0.407 e. The van der Waals surface area contributed by atoms with Gasteiger partial charge in [0.05, 0.1) is 18.0 Å². The Morgan fingerprint density at radius 1 is 1.30 bits per heavy atom. The molecule has 30 heavy (non-hydrogen) atoms. The molecule has 156 valence electrons. The van der Waals surface area contributed by atoms with Gasteiger partial charge >= 0.3 is 6.09 Å². The molecule has 3 heterocycles. The molecule has 1 N–H and O–H groups in total. The largest absolute Gasteiger partial charge is 0.494 e. The van der Waals surface area contributed by atoms with E-state index < -0.39 is 11.9 Å². The van der Waals surface area contributed by atoms with Crippen molar-refractivity contribution in [1.29, 1.82) is 0 Å². The fourth-order valence-corrected chi connectivity index (χ4v) is 3.75. The lowest BCUT2D eigenvalue weighted by Crippen LogP contribution is -2.33. The summed E-state index contributed by atoms with van der Waals surface area (Å²) < 4.78 is 21.7. The van der Waals surface area contributed by atoms with Crippen molar-refractivity contribution in [3.8, 4) is 11.4 Å². The van der Waals surface area contributed by atoms with Crippen molar-refractivity contribution < 1.29 is 19.0 Å². The molecular formula is C21H22FN5O3. The third kappa shape index (κ3) is 3.36. The normalized spacial score (nSPS) is 14.1. The van der Waals surface area contributed by atoms with Gasteiger partial charge in [-0.15, -0.1) is 5.10 Å². The Balaban J connectivity index is 1.82. The molecule has 0 fully saturated rings. The molecule has 0 aliphatic carbocycles. The number of halogens is 1. The Kier molecular flexibility index (Phi) is 5.11. The molecule has 0 saturated carbocycles. The fraction of sp³-hybridized carbons (Fsp3) is 0.333. The van der Waals surface area contributed by atoms with Gasteiger partial charge in [-0.1, -0.05) is 6.08 Å². The lowest BCUT2D eigenvalue weighted by molar-refractivity contribution is 0.150. The predicted octanol–water partition coefficient (Wildman–Crippen LogP) is 3.74. The number of aromatic nitrogens is 4. The van der Waals surface area contributed by atoms with Gasteiger partial charge < -0.3 is 14.7 Å². The summed E-state index contributed by atoms with van der Waals surface area (Å²) in [6.07, 6.45) is 1.40. The zero-order chi connectivity index (χ0) is 21.4. The highest BCUT2D eigenvalue weighted by atomic mass is 19.1. The van der Waals surface area contributed by atoms with Crippen LogP contribution in [0, 0.1) is 19.7 Å². The van der Waals surface area contributed by atoms with E-state index in [0.717, 1.165) is 16.7 Å². The van der Waals surface area contributed by atoms with Crippen LogP contribution in [0.3, 0.4) is 0 Å². The number of aryl methyl sites for hydroxylation is 2. The van der Waals surface area contributed by atoms with Crippen LogP contribution in [0.4, 0.5) is 9.18 Å². The summed E-state index contributed by atoms with van der Waals surface area (Å²) in [4.78, 5) is 12.5. The number of amides is 1. The summed E-state index contributed by atoms with van der Waals surface area (Å²) in [5.74, 6) is 0.0228. The number of rotatable bonds is 4. The monoisotopic (exact) mass is 411 g/mol. The number of carbonyl (C=O) groups is 1. The lowest BCUT2D eigenvalue weighted by atomic mass is 10.0. The van der Waals surface area contributed by atoms with E-state index in [9.17, 15) is 9.18 Å². The minimum absolute atomic E-state index is 0.287. The molecule has 3 aromatic rings. The van der Waals surface area contributed by atoms with Crippen molar-refractivity contribution in [1.82, 2.24) is 24.9 Å². The summed E-state index contributed by atoms with van der Waals surface area (Å²) in [6, 6.07) is 4.70. The van der Waals surface area contributed by atoms with Crippen LogP contribution in [0.15, 0.2) is 24.3 Å². The summed E-state index contributed by atoms with van der Waals surface area (Å²) in [6.45, 7) is 6.67. The molecule has 1 aliphatic rings. The molecule has 8 nitrogen and oxygen atoms in total. The Hall–Kier alpha value is -3.49. The van der Waals surface area contributed by atoms with Crippen LogP contribution in [-0.4, -0.2) is 55.8 Å². The average molecular weight is 411 g/mol. The van der Waals surface area contributed by atoms with E-state index in [1.54, 1.807) is 16.8 Å². The summed E-state index contributed by atoms with van der Waals surface area (Å²) in [5.41, 5.74) is 3.89. The summed E-state index contributed by atoms with van der Waals surface area (Å²) in [7, 11) is 0. The van der Waals surface area contributed by atoms with Gasteiger partial charge in [0, 0.05) is 24.5 Å². The number of fused-ring (bicyclic) bond motifs is 1. The van der Waals surface area contributed by atoms with Crippen molar-refractivity contribution in [2.24, 2.45) is 0 Å². The van der Waals surface area contributed by atoms with E-state index in [1.165, 1.54) is 11.0 Å². The SMILES string of the molecule is CCOc1ccc(-n2nc3c(C4=CCN(C(=O)O)CC4)nnc(C)c3c2C)c(F)c1. The van der Waals surface area contributed by atoms with Gasteiger partial charge in [0.15, 0.2) is 5.82 Å². The van der Waals surface area contributed by atoms with Gasteiger partial charge in [-0.3, -0.25) is 0 Å². The molecule has 0 radical (unpaired) electrons. The first-order chi connectivity index (χ1) is 14.4.